The summed E-state index contributed by atoms with van der Waals surface area (Å²) >= 11 is 1.42. The fourth-order valence-electron chi connectivity index (χ4n) is 3.22. The Kier molecular flexibility index (Phi) is 6.74. The number of nitrogens with zero attached hydrogens (tertiary/aromatic N) is 2. The van der Waals surface area contributed by atoms with Crippen molar-refractivity contribution in [2.75, 3.05) is 13.7 Å². The standard InChI is InChI=1S/C25H24N2O5S/c1-16(2)14-31-20-10-8-17(12-21(20)30-3)9-11-24(29)32-15-18-13-23(28)27-19-6-4-5-7-22(19)33-25(27)26-18/h4-13,16H,14-15H2,1-3H3/b11-9+. The molecule has 0 atom stereocenters. The minimum Gasteiger partial charge on any atom is -0.493 e. The zero-order valence-electron chi connectivity index (χ0n) is 18.6. The van der Waals surface area contributed by atoms with Gasteiger partial charge in [-0.05, 0) is 41.8 Å². The normalized spacial score (nSPS) is 11.5. The molecule has 0 radical (unpaired) electrons. The molecular formula is C25H24N2O5S. The summed E-state index contributed by atoms with van der Waals surface area (Å²) in [4.78, 5) is 29.8. The molecule has 0 saturated heterocycles. The molecule has 7 nitrogen and oxygen atoms in total. The summed E-state index contributed by atoms with van der Waals surface area (Å²) in [5.41, 5.74) is 1.79. The van der Waals surface area contributed by atoms with Crippen LogP contribution in [0.25, 0.3) is 21.3 Å². The van der Waals surface area contributed by atoms with E-state index < -0.39 is 5.97 Å². The fourth-order valence-corrected chi connectivity index (χ4v) is 4.27. The highest BCUT2D eigenvalue weighted by Crippen LogP contribution is 2.29. The van der Waals surface area contributed by atoms with Crippen LogP contribution in [0.5, 0.6) is 11.5 Å². The first-order valence-electron chi connectivity index (χ1n) is 10.5. The van der Waals surface area contributed by atoms with E-state index in [2.05, 4.69) is 18.8 Å². The Morgan fingerprint density at radius 3 is 2.76 bits per heavy atom. The first-order chi connectivity index (χ1) is 15.9. The summed E-state index contributed by atoms with van der Waals surface area (Å²) in [7, 11) is 1.57. The quantitative estimate of drug-likeness (QED) is 0.278. The first kappa shape index (κ1) is 22.5. The molecule has 8 heteroatoms. The molecule has 0 bridgehead atoms. The SMILES string of the molecule is COc1cc(/C=C/C(=O)OCc2cc(=O)n3c(n2)sc2ccccc23)ccc1OCC(C)C. The Balaban J connectivity index is 1.42. The van der Waals surface area contributed by atoms with Crippen LogP contribution in [-0.2, 0) is 16.1 Å². The monoisotopic (exact) mass is 464 g/mol. The minimum atomic E-state index is -0.535. The second kappa shape index (κ2) is 9.87. The van der Waals surface area contributed by atoms with E-state index in [1.807, 2.05) is 36.4 Å². The van der Waals surface area contributed by atoms with Gasteiger partial charge in [0.1, 0.15) is 6.61 Å². The number of esters is 1. The van der Waals surface area contributed by atoms with Crippen molar-refractivity contribution in [3.8, 4) is 11.5 Å². The molecule has 0 unspecified atom stereocenters. The number of thiazole rings is 1. The fraction of sp³-hybridized carbons (Fsp3) is 0.240. The molecule has 0 fully saturated rings. The Hall–Kier alpha value is -3.65. The van der Waals surface area contributed by atoms with Crippen molar-refractivity contribution in [2.45, 2.75) is 20.5 Å². The van der Waals surface area contributed by atoms with Crippen LogP contribution < -0.4 is 15.0 Å². The molecule has 2 aromatic carbocycles. The third kappa shape index (κ3) is 5.23. The number of benzene rings is 2. The lowest BCUT2D eigenvalue weighted by atomic mass is 10.2. The zero-order chi connectivity index (χ0) is 23.4. The Morgan fingerprint density at radius 1 is 1.15 bits per heavy atom. The van der Waals surface area contributed by atoms with Gasteiger partial charge in [0.05, 0.1) is 29.6 Å². The highest BCUT2D eigenvalue weighted by atomic mass is 32.1. The second-order valence-electron chi connectivity index (χ2n) is 7.83. The Morgan fingerprint density at radius 2 is 1.97 bits per heavy atom. The van der Waals surface area contributed by atoms with Crippen molar-refractivity contribution >= 4 is 38.6 Å². The van der Waals surface area contributed by atoms with E-state index in [0.717, 1.165) is 15.8 Å². The van der Waals surface area contributed by atoms with E-state index in [0.29, 0.717) is 34.7 Å². The third-order valence-corrected chi connectivity index (χ3v) is 5.80. The van der Waals surface area contributed by atoms with Gasteiger partial charge in [-0.25, -0.2) is 9.78 Å². The van der Waals surface area contributed by atoms with Gasteiger partial charge in [0, 0.05) is 12.1 Å². The first-order valence-corrected chi connectivity index (χ1v) is 11.3. The van der Waals surface area contributed by atoms with Crippen LogP contribution in [0.1, 0.15) is 25.1 Å². The van der Waals surface area contributed by atoms with E-state index in [9.17, 15) is 9.59 Å². The lowest BCUT2D eigenvalue weighted by Crippen LogP contribution is -2.14. The van der Waals surface area contributed by atoms with Crippen LogP contribution in [-0.4, -0.2) is 29.1 Å². The van der Waals surface area contributed by atoms with Crippen molar-refractivity contribution < 1.29 is 19.0 Å². The van der Waals surface area contributed by atoms with Crippen LogP contribution in [0.2, 0.25) is 0 Å². The summed E-state index contributed by atoms with van der Waals surface area (Å²) in [6.07, 6.45) is 2.96. The van der Waals surface area contributed by atoms with E-state index in [4.69, 9.17) is 14.2 Å². The number of para-hydroxylation sites is 1. The summed E-state index contributed by atoms with van der Waals surface area (Å²) in [6.45, 7) is 4.64. The van der Waals surface area contributed by atoms with Crippen LogP contribution >= 0.6 is 11.3 Å². The number of carbonyl (C=O) groups is 1. The number of fused-ring (bicyclic) bond motifs is 3. The molecule has 0 aliphatic heterocycles. The van der Waals surface area contributed by atoms with Gasteiger partial charge in [0.2, 0.25) is 0 Å². The lowest BCUT2D eigenvalue weighted by molar-refractivity contribution is -0.139. The largest absolute Gasteiger partial charge is 0.493 e. The number of methoxy groups -OCH3 is 1. The maximum absolute atomic E-state index is 12.6. The van der Waals surface area contributed by atoms with Crippen molar-refractivity contribution in [3.63, 3.8) is 0 Å². The highest BCUT2D eigenvalue weighted by Gasteiger charge is 2.11. The van der Waals surface area contributed by atoms with Gasteiger partial charge >= 0.3 is 5.97 Å². The molecule has 0 aliphatic carbocycles. The number of ether oxygens (including phenoxy) is 3. The molecule has 4 rings (SSSR count). The van der Waals surface area contributed by atoms with E-state index in [1.165, 1.54) is 23.5 Å². The molecule has 0 aliphatic rings. The van der Waals surface area contributed by atoms with E-state index in [1.54, 1.807) is 23.7 Å². The molecular weight excluding hydrogens is 440 g/mol. The maximum atomic E-state index is 12.6. The van der Waals surface area contributed by atoms with Gasteiger partial charge in [-0.3, -0.25) is 9.20 Å². The highest BCUT2D eigenvalue weighted by molar-refractivity contribution is 7.23. The predicted octanol–water partition coefficient (Wildman–Crippen LogP) is 4.71. The smallest absolute Gasteiger partial charge is 0.331 e. The van der Waals surface area contributed by atoms with Crippen molar-refractivity contribution in [3.05, 3.63) is 76.2 Å². The number of carbonyl (C=O) groups excluding carboxylic acids is 1. The van der Waals surface area contributed by atoms with E-state index >= 15 is 0 Å². The predicted molar refractivity (Wildman–Crippen MR) is 129 cm³/mol. The van der Waals surface area contributed by atoms with Gasteiger partial charge in [-0.1, -0.05) is 43.4 Å². The van der Waals surface area contributed by atoms with Gasteiger partial charge in [0.25, 0.3) is 5.56 Å². The Bertz CT molecular complexity index is 1390. The van der Waals surface area contributed by atoms with E-state index in [-0.39, 0.29) is 12.2 Å². The topological polar surface area (TPSA) is 79.1 Å². The molecule has 2 heterocycles. The van der Waals surface area contributed by atoms with Crippen molar-refractivity contribution in [1.29, 1.82) is 0 Å². The van der Waals surface area contributed by atoms with Crippen LogP contribution in [0.15, 0.2) is 59.4 Å². The lowest BCUT2D eigenvalue weighted by Gasteiger charge is -2.12. The van der Waals surface area contributed by atoms with Crippen LogP contribution in [0.3, 0.4) is 0 Å². The van der Waals surface area contributed by atoms with Gasteiger partial charge in [0.15, 0.2) is 16.5 Å². The van der Waals surface area contributed by atoms with Gasteiger partial charge in [-0.2, -0.15) is 0 Å². The van der Waals surface area contributed by atoms with Crippen molar-refractivity contribution in [1.82, 2.24) is 9.38 Å². The van der Waals surface area contributed by atoms with Crippen LogP contribution in [0, 0.1) is 5.92 Å². The molecule has 0 saturated carbocycles. The summed E-state index contributed by atoms with van der Waals surface area (Å²) in [5.74, 6) is 1.11. The molecule has 4 aromatic rings. The molecule has 33 heavy (non-hydrogen) atoms. The minimum absolute atomic E-state index is 0.0888. The molecule has 2 aromatic heterocycles. The van der Waals surface area contributed by atoms with Gasteiger partial charge in [-0.15, -0.1) is 0 Å². The van der Waals surface area contributed by atoms with Gasteiger partial charge < -0.3 is 14.2 Å². The number of aromatic nitrogens is 2. The average molecular weight is 465 g/mol. The van der Waals surface area contributed by atoms with Crippen molar-refractivity contribution in [2.24, 2.45) is 5.92 Å². The molecule has 170 valence electrons. The number of rotatable bonds is 8. The second-order valence-corrected chi connectivity index (χ2v) is 8.84. The van der Waals surface area contributed by atoms with Crippen LogP contribution in [0.4, 0.5) is 0 Å². The summed E-state index contributed by atoms with van der Waals surface area (Å²) in [5, 5.41) is 0. The maximum Gasteiger partial charge on any atom is 0.331 e. The summed E-state index contributed by atoms with van der Waals surface area (Å²) < 4.78 is 18.9. The Labute approximate surface area is 194 Å². The third-order valence-electron chi connectivity index (χ3n) is 4.78. The summed E-state index contributed by atoms with van der Waals surface area (Å²) in [6, 6.07) is 14.4. The molecule has 0 N–H and O–H groups in total. The molecule has 0 spiro atoms. The number of hydrogen-bond acceptors (Lipinski definition) is 7. The average Bonchev–Trinajstić information content (AvgIpc) is 3.19. The number of hydrogen-bond donors (Lipinski definition) is 0. The zero-order valence-corrected chi connectivity index (χ0v) is 19.4. The molecule has 0 amide bonds.